The second-order valence-corrected chi connectivity index (χ2v) is 4.92. The lowest BCUT2D eigenvalue weighted by molar-refractivity contribution is -0.136. The van der Waals surface area contributed by atoms with E-state index in [0.29, 0.717) is 23.0 Å². The van der Waals surface area contributed by atoms with Crippen molar-refractivity contribution in [2.75, 3.05) is 21.2 Å². The number of H-pyrrole nitrogens is 1. The summed E-state index contributed by atoms with van der Waals surface area (Å²) in [5.74, 6) is -1.28. The van der Waals surface area contributed by atoms with E-state index in [-0.39, 0.29) is 12.2 Å². The number of hydrogen-bond donors (Lipinski definition) is 2. The van der Waals surface area contributed by atoms with Gasteiger partial charge in [-0.05, 0) is 25.7 Å². The maximum Gasteiger partial charge on any atom is 0.307 e. The van der Waals surface area contributed by atoms with Gasteiger partial charge in [-0.3, -0.25) is 4.79 Å². The first-order valence-electron chi connectivity index (χ1n) is 6.16. The van der Waals surface area contributed by atoms with Crippen LogP contribution in [-0.2, 0) is 17.8 Å². The summed E-state index contributed by atoms with van der Waals surface area (Å²) in [4.78, 5) is 16.0. The summed E-state index contributed by atoms with van der Waals surface area (Å²) in [6.45, 7) is 0.557. The van der Waals surface area contributed by atoms with Gasteiger partial charge in [-0.2, -0.15) is 0 Å². The Morgan fingerprint density at radius 2 is 2.15 bits per heavy atom. The molecule has 0 bridgehead atoms. The van der Waals surface area contributed by atoms with Crippen LogP contribution in [0.3, 0.4) is 0 Å². The van der Waals surface area contributed by atoms with Gasteiger partial charge in [-0.15, -0.1) is 0 Å². The van der Waals surface area contributed by atoms with Crippen LogP contribution in [0.25, 0.3) is 10.9 Å². The van der Waals surface area contributed by atoms with Crippen molar-refractivity contribution < 1.29 is 19.0 Å². The van der Waals surface area contributed by atoms with E-state index in [4.69, 9.17) is 9.84 Å². The van der Waals surface area contributed by atoms with E-state index in [9.17, 15) is 9.18 Å². The van der Waals surface area contributed by atoms with E-state index in [1.807, 2.05) is 19.0 Å². The largest absolute Gasteiger partial charge is 0.494 e. The summed E-state index contributed by atoms with van der Waals surface area (Å²) < 4.78 is 18.7. The third-order valence-corrected chi connectivity index (χ3v) is 3.07. The topological polar surface area (TPSA) is 65.6 Å². The molecule has 1 aromatic heterocycles. The van der Waals surface area contributed by atoms with Gasteiger partial charge in [-0.25, -0.2) is 4.39 Å². The molecule has 0 atom stereocenters. The number of rotatable bonds is 5. The average molecular weight is 280 g/mol. The Kier molecular flexibility index (Phi) is 3.94. The van der Waals surface area contributed by atoms with Gasteiger partial charge in [0.25, 0.3) is 0 Å². The van der Waals surface area contributed by atoms with Crippen LogP contribution in [0.15, 0.2) is 12.1 Å². The number of aliphatic carboxylic acids is 1. The van der Waals surface area contributed by atoms with Gasteiger partial charge < -0.3 is 19.7 Å². The fourth-order valence-electron chi connectivity index (χ4n) is 2.27. The number of hydrogen-bond acceptors (Lipinski definition) is 3. The van der Waals surface area contributed by atoms with Crippen LogP contribution >= 0.6 is 0 Å². The molecule has 2 rings (SSSR count). The fraction of sp³-hybridized carbons (Fsp3) is 0.357. The molecule has 2 N–H and O–H groups in total. The van der Waals surface area contributed by atoms with E-state index in [1.54, 1.807) is 6.07 Å². The zero-order chi connectivity index (χ0) is 14.9. The lowest BCUT2D eigenvalue weighted by Gasteiger charge is -2.09. The molecule has 0 aliphatic heterocycles. The van der Waals surface area contributed by atoms with Gasteiger partial charge >= 0.3 is 5.97 Å². The Morgan fingerprint density at radius 1 is 1.45 bits per heavy atom. The molecule has 0 unspecified atom stereocenters. The number of nitrogens with zero attached hydrogens (tertiary/aromatic N) is 1. The normalized spacial score (nSPS) is 11.2. The maximum atomic E-state index is 13.7. The highest BCUT2D eigenvalue weighted by molar-refractivity contribution is 5.89. The highest BCUT2D eigenvalue weighted by atomic mass is 19.1. The number of halogens is 1. The summed E-state index contributed by atoms with van der Waals surface area (Å²) in [7, 11) is 5.16. The molecule has 6 heteroatoms. The van der Waals surface area contributed by atoms with Gasteiger partial charge in [0.1, 0.15) is 0 Å². The lowest BCUT2D eigenvalue weighted by atomic mass is 10.1. The molecule has 2 aromatic rings. The van der Waals surface area contributed by atoms with E-state index in [0.717, 1.165) is 5.69 Å². The van der Waals surface area contributed by atoms with Crippen molar-refractivity contribution in [1.82, 2.24) is 9.88 Å². The highest BCUT2D eigenvalue weighted by Gasteiger charge is 2.17. The molecule has 0 saturated heterocycles. The van der Waals surface area contributed by atoms with Crippen LogP contribution in [0.5, 0.6) is 5.75 Å². The number of benzene rings is 1. The van der Waals surface area contributed by atoms with Crippen molar-refractivity contribution >= 4 is 16.9 Å². The van der Waals surface area contributed by atoms with Gasteiger partial charge in [-0.1, -0.05) is 0 Å². The monoisotopic (exact) mass is 280 g/mol. The van der Waals surface area contributed by atoms with Crippen molar-refractivity contribution in [3.8, 4) is 5.75 Å². The second-order valence-electron chi connectivity index (χ2n) is 4.92. The molecule has 108 valence electrons. The quantitative estimate of drug-likeness (QED) is 0.879. The molecule has 1 heterocycles. The molecule has 0 fully saturated rings. The third-order valence-electron chi connectivity index (χ3n) is 3.07. The SMILES string of the molecule is COc1cc2c(CC(=O)O)c(CN(C)C)[nH]c2cc1F. The number of carbonyl (C=O) groups is 1. The molecule has 20 heavy (non-hydrogen) atoms. The fourth-order valence-corrected chi connectivity index (χ4v) is 2.27. The summed E-state index contributed by atoms with van der Waals surface area (Å²) in [6, 6.07) is 2.87. The van der Waals surface area contributed by atoms with Crippen LogP contribution < -0.4 is 4.74 Å². The van der Waals surface area contributed by atoms with E-state index in [2.05, 4.69) is 4.98 Å². The van der Waals surface area contributed by atoms with Crippen molar-refractivity contribution in [1.29, 1.82) is 0 Å². The van der Waals surface area contributed by atoms with Crippen LogP contribution in [0, 0.1) is 5.82 Å². The molecular weight excluding hydrogens is 263 g/mol. The summed E-state index contributed by atoms with van der Waals surface area (Å²) in [6.07, 6.45) is -0.113. The number of fused-ring (bicyclic) bond motifs is 1. The van der Waals surface area contributed by atoms with Crippen molar-refractivity contribution in [3.63, 3.8) is 0 Å². The first-order chi connectivity index (χ1) is 9.42. The highest BCUT2D eigenvalue weighted by Crippen LogP contribution is 2.30. The number of methoxy groups -OCH3 is 1. The third kappa shape index (κ3) is 2.75. The van der Waals surface area contributed by atoms with Crippen LogP contribution in [0.1, 0.15) is 11.3 Å². The molecule has 0 aliphatic carbocycles. The standard InChI is InChI=1S/C14H17FN2O3/c1-17(2)7-12-9(5-14(18)19)8-4-13(20-3)10(15)6-11(8)16-12/h4,6,16H,5,7H2,1-3H3,(H,18,19). The van der Waals surface area contributed by atoms with Gasteiger partial charge in [0.2, 0.25) is 0 Å². The van der Waals surface area contributed by atoms with Crippen LogP contribution in [-0.4, -0.2) is 42.2 Å². The van der Waals surface area contributed by atoms with Crippen molar-refractivity contribution in [2.24, 2.45) is 0 Å². The summed E-state index contributed by atoms with van der Waals surface area (Å²) >= 11 is 0. The number of nitrogens with one attached hydrogen (secondary N) is 1. The maximum absolute atomic E-state index is 13.7. The predicted molar refractivity (Wildman–Crippen MR) is 73.5 cm³/mol. The first-order valence-corrected chi connectivity index (χ1v) is 6.16. The van der Waals surface area contributed by atoms with Gasteiger partial charge in [0.15, 0.2) is 11.6 Å². The average Bonchev–Trinajstić information content (AvgIpc) is 2.64. The number of carboxylic acids is 1. The van der Waals surface area contributed by atoms with Crippen molar-refractivity contribution in [3.05, 3.63) is 29.2 Å². The number of carboxylic acid groups (broad SMARTS) is 1. The predicted octanol–water partition coefficient (Wildman–Crippen LogP) is 2.00. The molecule has 0 spiro atoms. The Balaban J connectivity index is 2.63. The van der Waals surface area contributed by atoms with E-state index >= 15 is 0 Å². The number of aromatic nitrogens is 1. The zero-order valence-electron chi connectivity index (χ0n) is 11.7. The van der Waals surface area contributed by atoms with Gasteiger partial charge in [0.05, 0.1) is 13.5 Å². The summed E-state index contributed by atoms with van der Waals surface area (Å²) in [5.41, 5.74) is 2.02. The lowest BCUT2D eigenvalue weighted by Crippen LogP contribution is -2.13. The number of aromatic amines is 1. The van der Waals surface area contributed by atoms with Crippen LogP contribution in [0.4, 0.5) is 4.39 Å². The van der Waals surface area contributed by atoms with E-state index < -0.39 is 11.8 Å². The molecule has 0 amide bonds. The minimum absolute atomic E-state index is 0.111. The Morgan fingerprint density at radius 3 is 2.70 bits per heavy atom. The smallest absolute Gasteiger partial charge is 0.307 e. The Bertz CT molecular complexity index is 649. The number of ether oxygens (including phenoxy) is 1. The molecule has 0 aliphatic rings. The molecule has 5 nitrogen and oxygen atoms in total. The second kappa shape index (κ2) is 5.50. The Labute approximate surface area is 116 Å². The minimum Gasteiger partial charge on any atom is -0.494 e. The molecule has 0 radical (unpaired) electrons. The van der Waals surface area contributed by atoms with Crippen LogP contribution in [0.2, 0.25) is 0 Å². The Hall–Kier alpha value is -2.08. The van der Waals surface area contributed by atoms with E-state index in [1.165, 1.54) is 13.2 Å². The zero-order valence-corrected chi connectivity index (χ0v) is 11.7. The molecular formula is C14H17FN2O3. The first kappa shape index (κ1) is 14.3. The van der Waals surface area contributed by atoms with Crippen molar-refractivity contribution in [2.45, 2.75) is 13.0 Å². The van der Waals surface area contributed by atoms with Gasteiger partial charge in [0, 0.05) is 29.2 Å². The summed E-state index contributed by atoms with van der Waals surface area (Å²) in [5, 5.41) is 9.73. The minimum atomic E-state index is -0.922. The molecule has 0 saturated carbocycles. The molecule has 1 aromatic carbocycles.